The summed E-state index contributed by atoms with van der Waals surface area (Å²) in [7, 11) is 0. The van der Waals surface area contributed by atoms with E-state index in [2.05, 4.69) is 26.2 Å². The highest BCUT2D eigenvalue weighted by molar-refractivity contribution is 9.10. The fourth-order valence-corrected chi connectivity index (χ4v) is 3.37. The van der Waals surface area contributed by atoms with E-state index in [0.29, 0.717) is 11.1 Å². The van der Waals surface area contributed by atoms with E-state index in [0.717, 1.165) is 20.6 Å². The van der Waals surface area contributed by atoms with Crippen LogP contribution in [0.5, 0.6) is 0 Å². The predicted molar refractivity (Wildman–Crippen MR) is 96.0 cm³/mol. The average Bonchev–Trinajstić information content (AvgIpc) is 2.96. The summed E-state index contributed by atoms with van der Waals surface area (Å²) in [6, 6.07) is 9.12. The lowest BCUT2D eigenvalue weighted by Crippen LogP contribution is -2.27. The molecule has 1 N–H and O–H groups in total. The third kappa shape index (κ3) is 3.51. The van der Waals surface area contributed by atoms with Crippen LogP contribution in [0.25, 0.3) is 10.2 Å². The van der Waals surface area contributed by atoms with Gasteiger partial charge in [0.2, 0.25) is 5.91 Å². The van der Waals surface area contributed by atoms with Crippen molar-refractivity contribution in [2.24, 2.45) is 0 Å². The molecule has 0 aliphatic carbocycles. The highest BCUT2D eigenvalue weighted by Gasteiger charge is 2.11. The number of anilines is 1. The molecular weight excluding hydrogens is 378 g/mol. The van der Waals surface area contributed by atoms with Crippen LogP contribution in [0.15, 0.2) is 45.9 Å². The van der Waals surface area contributed by atoms with Crippen molar-refractivity contribution in [1.29, 1.82) is 0 Å². The molecule has 0 aliphatic heterocycles. The third-order valence-electron chi connectivity index (χ3n) is 3.36. The van der Waals surface area contributed by atoms with Crippen molar-refractivity contribution in [2.75, 3.05) is 5.32 Å². The van der Waals surface area contributed by atoms with Crippen LogP contribution in [0.1, 0.15) is 11.8 Å². The van der Waals surface area contributed by atoms with Gasteiger partial charge in [-0.05, 0) is 36.8 Å². The molecule has 0 bridgehead atoms. The van der Waals surface area contributed by atoms with E-state index in [1.165, 1.54) is 22.2 Å². The van der Waals surface area contributed by atoms with Crippen LogP contribution in [0, 0.1) is 0 Å². The van der Waals surface area contributed by atoms with Crippen LogP contribution in [0.3, 0.4) is 0 Å². The Morgan fingerprint density at radius 3 is 2.78 bits per heavy atom. The summed E-state index contributed by atoms with van der Waals surface area (Å²) in [5.74, 6) is -0.262. The molecule has 1 aromatic carbocycles. The van der Waals surface area contributed by atoms with Gasteiger partial charge < -0.3 is 5.32 Å². The standard InChI is InChI=1S/C16H14BrN3O2S/c1-2-12-7-13-15(23-12)18-9-20(16(13)22)8-14(21)19-11-5-3-10(17)4-6-11/h3-7,9H,2,8H2,1H3,(H,19,21). The number of aromatic nitrogens is 2. The highest BCUT2D eigenvalue weighted by Crippen LogP contribution is 2.21. The van der Waals surface area contributed by atoms with Gasteiger partial charge in [-0.15, -0.1) is 11.3 Å². The molecule has 1 amide bonds. The molecule has 3 rings (SSSR count). The van der Waals surface area contributed by atoms with Crippen LogP contribution < -0.4 is 10.9 Å². The first-order chi connectivity index (χ1) is 11.1. The molecule has 0 spiro atoms. The zero-order chi connectivity index (χ0) is 16.4. The van der Waals surface area contributed by atoms with E-state index in [1.807, 2.05) is 25.1 Å². The van der Waals surface area contributed by atoms with Gasteiger partial charge >= 0.3 is 0 Å². The molecule has 0 saturated carbocycles. The van der Waals surface area contributed by atoms with Crippen molar-refractivity contribution in [2.45, 2.75) is 19.9 Å². The van der Waals surface area contributed by atoms with Gasteiger partial charge in [-0.25, -0.2) is 4.98 Å². The van der Waals surface area contributed by atoms with Crippen molar-refractivity contribution >= 4 is 49.1 Å². The molecule has 3 aromatic rings. The lowest BCUT2D eigenvalue weighted by molar-refractivity contribution is -0.116. The molecule has 0 aliphatic rings. The number of thiophene rings is 1. The van der Waals surface area contributed by atoms with Crippen molar-refractivity contribution in [3.05, 3.63) is 56.4 Å². The first-order valence-electron chi connectivity index (χ1n) is 7.10. The fraction of sp³-hybridized carbons (Fsp3) is 0.188. The summed E-state index contributed by atoms with van der Waals surface area (Å²) in [6.07, 6.45) is 2.30. The number of nitrogens with one attached hydrogen (secondary N) is 1. The number of hydrogen-bond donors (Lipinski definition) is 1. The van der Waals surface area contributed by atoms with Gasteiger partial charge in [-0.3, -0.25) is 14.2 Å². The maximum Gasteiger partial charge on any atom is 0.262 e. The Balaban J connectivity index is 1.80. The summed E-state index contributed by atoms with van der Waals surface area (Å²) in [5.41, 5.74) is 0.501. The van der Waals surface area contributed by atoms with Gasteiger partial charge in [0.1, 0.15) is 11.4 Å². The van der Waals surface area contributed by atoms with E-state index in [9.17, 15) is 9.59 Å². The second-order valence-electron chi connectivity index (χ2n) is 5.02. The van der Waals surface area contributed by atoms with Crippen molar-refractivity contribution in [3.8, 4) is 0 Å². The van der Waals surface area contributed by atoms with Gasteiger partial charge in [0.25, 0.3) is 5.56 Å². The number of carbonyl (C=O) groups is 1. The van der Waals surface area contributed by atoms with Crippen molar-refractivity contribution in [3.63, 3.8) is 0 Å². The lowest BCUT2D eigenvalue weighted by Gasteiger charge is -2.07. The molecular formula is C16H14BrN3O2S. The summed E-state index contributed by atoms with van der Waals surface area (Å²) in [5, 5.41) is 3.34. The SMILES string of the molecule is CCc1cc2c(=O)n(CC(=O)Nc3ccc(Br)cc3)cnc2s1. The molecule has 2 heterocycles. The zero-order valence-electron chi connectivity index (χ0n) is 12.4. The predicted octanol–water partition coefficient (Wildman–Crippen LogP) is 3.42. The van der Waals surface area contributed by atoms with Gasteiger partial charge in [-0.2, -0.15) is 0 Å². The number of hydrogen-bond acceptors (Lipinski definition) is 4. The zero-order valence-corrected chi connectivity index (χ0v) is 14.8. The summed E-state index contributed by atoms with van der Waals surface area (Å²) >= 11 is 4.85. The smallest absolute Gasteiger partial charge is 0.262 e. The maximum absolute atomic E-state index is 12.4. The van der Waals surface area contributed by atoms with E-state index in [-0.39, 0.29) is 18.0 Å². The van der Waals surface area contributed by atoms with Crippen molar-refractivity contribution < 1.29 is 4.79 Å². The van der Waals surface area contributed by atoms with Crippen LogP contribution in [-0.4, -0.2) is 15.5 Å². The molecule has 0 radical (unpaired) electrons. The van der Waals surface area contributed by atoms with Crippen LogP contribution in [0.4, 0.5) is 5.69 Å². The Hall–Kier alpha value is -1.99. The first-order valence-corrected chi connectivity index (χ1v) is 8.71. The molecule has 23 heavy (non-hydrogen) atoms. The van der Waals surface area contributed by atoms with E-state index < -0.39 is 0 Å². The topological polar surface area (TPSA) is 64.0 Å². The number of aryl methyl sites for hydroxylation is 1. The van der Waals surface area contributed by atoms with Gasteiger partial charge in [0, 0.05) is 15.0 Å². The molecule has 2 aromatic heterocycles. The lowest BCUT2D eigenvalue weighted by atomic mass is 10.3. The van der Waals surface area contributed by atoms with Crippen molar-refractivity contribution in [1.82, 2.24) is 9.55 Å². The minimum atomic E-state index is -0.262. The second-order valence-corrected chi connectivity index (χ2v) is 7.05. The van der Waals surface area contributed by atoms with Gasteiger partial charge in [0.15, 0.2) is 0 Å². The maximum atomic E-state index is 12.4. The second kappa shape index (κ2) is 6.64. The number of amides is 1. The van der Waals surface area contributed by atoms with E-state index in [1.54, 1.807) is 12.1 Å². The molecule has 118 valence electrons. The van der Waals surface area contributed by atoms with Gasteiger partial charge in [0.05, 0.1) is 11.7 Å². The van der Waals surface area contributed by atoms with Crippen LogP contribution in [-0.2, 0) is 17.8 Å². The molecule has 0 saturated heterocycles. The molecule has 7 heteroatoms. The van der Waals surface area contributed by atoms with Gasteiger partial charge in [-0.1, -0.05) is 22.9 Å². The third-order valence-corrected chi connectivity index (χ3v) is 5.08. The minimum absolute atomic E-state index is 0.0604. The molecule has 5 nitrogen and oxygen atoms in total. The molecule has 0 atom stereocenters. The number of fused-ring (bicyclic) bond motifs is 1. The Labute approximate surface area is 145 Å². The fourth-order valence-electron chi connectivity index (χ4n) is 2.19. The Morgan fingerprint density at radius 2 is 2.09 bits per heavy atom. The number of carbonyl (C=O) groups excluding carboxylic acids is 1. The highest BCUT2D eigenvalue weighted by atomic mass is 79.9. The number of rotatable bonds is 4. The van der Waals surface area contributed by atoms with E-state index in [4.69, 9.17) is 0 Å². The number of nitrogens with zero attached hydrogens (tertiary/aromatic N) is 2. The monoisotopic (exact) mass is 391 g/mol. The van der Waals surface area contributed by atoms with E-state index >= 15 is 0 Å². The number of benzene rings is 1. The first kappa shape index (κ1) is 15.9. The summed E-state index contributed by atoms with van der Waals surface area (Å²) in [4.78, 5) is 30.7. The van der Waals surface area contributed by atoms with Crippen LogP contribution in [0.2, 0.25) is 0 Å². The summed E-state index contributed by atoms with van der Waals surface area (Å²) in [6.45, 7) is 1.98. The largest absolute Gasteiger partial charge is 0.325 e. The Kier molecular flexibility index (Phi) is 4.58. The average molecular weight is 392 g/mol. The quantitative estimate of drug-likeness (QED) is 0.740. The molecule has 0 unspecified atom stereocenters. The number of halogens is 1. The van der Waals surface area contributed by atoms with Crippen LogP contribution >= 0.6 is 27.3 Å². The summed E-state index contributed by atoms with van der Waals surface area (Å²) < 4.78 is 2.27. The normalized spacial score (nSPS) is 10.9. The Bertz CT molecular complexity index is 915. The molecule has 0 fully saturated rings. The Morgan fingerprint density at radius 1 is 1.35 bits per heavy atom. The minimum Gasteiger partial charge on any atom is -0.325 e.